The quantitative estimate of drug-likeness (QED) is 0.913. The summed E-state index contributed by atoms with van der Waals surface area (Å²) in [5, 5.41) is 5.72. The number of fused-ring (bicyclic) bond motifs is 1. The van der Waals surface area contributed by atoms with Crippen molar-refractivity contribution in [3.8, 4) is 5.75 Å². The first-order valence-corrected chi connectivity index (χ1v) is 6.86. The minimum Gasteiger partial charge on any atom is -0.493 e. The zero-order valence-electron chi connectivity index (χ0n) is 11.0. The average molecular weight is 257 g/mol. The van der Waals surface area contributed by atoms with Gasteiger partial charge < -0.3 is 14.8 Å². The molecule has 1 fully saturated rings. The Kier molecular flexibility index (Phi) is 3.96. The molecule has 0 spiro atoms. The third-order valence-electron chi connectivity index (χ3n) is 3.45. The average Bonchev–Trinajstić information content (AvgIpc) is 2.49. The first kappa shape index (κ1) is 12.5. The molecule has 0 aliphatic carbocycles. The molecule has 0 amide bonds. The van der Waals surface area contributed by atoms with Crippen LogP contribution in [0.1, 0.15) is 6.42 Å². The standard InChI is InChI=1S/C16H19NO2/c1-2-6-15-13(4-1)5-3-7-16(15)19-10-8-14-12-17-9-11-18-14/h1-7,14,17H,8-12H2. The molecule has 1 N–H and O–H groups in total. The fraction of sp³-hybridized carbons (Fsp3) is 0.375. The van der Waals surface area contributed by atoms with E-state index in [9.17, 15) is 0 Å². The molecule has 1 unspecified atom stereocenters. The number of hydrogen-bond donors (Lipinski definition) is 1. The van der Waals surface area contributed by atoms with Gasteiger partial charge in [-0.2, -0.15) is 0 Å². The molecule has 1 atom stereocenters. The topological polar surface area (TPSA) is 30.5 Å². The maximum absolute atomic E-state index is 5.91. The minimum absolute atomic E-state index is 0.281. The van der Waals surface area contributed by atoms with Crippen molar-refractivity contribution >= 4 is 10.8 Å². The van der Waals surface area contributed by atoms with Crippen LogP contribution in [0.2, 0.25) is 0 Å². The maximum Gasteiger partial charge on any atom is 0.127 e. The molecule has 2 aromatic carbocycles. The van der Waals surface area contributed by atoms with E-state index in [-0.39, 0.29) is 6.10 Å². The van der Waals surface area contributed by atoms with Crippen molar-refractivity contribution in [3.05, 3.63) is 42.5 Å². The van der Waals surface area contributed by atoms with Gasteiger partial charge in [-0.05, 0) is 11.5 Å². The molecule has 3 heteroatoms. The summed E-state index contributed by atoms with van der Waals surface area (Å²) < 4.78 is 11.6. The van der Waals surface area contributed by atoms with Gasteiger partial charge in [0.2, 0.25) is 0 Å². The number of nitrogens with one attached hydrogen (secondary N) is 1. The van der Waals surface area contributed by atoms with Crippen LogP contribution in [0.4, 0.5) is 0 Å². The SMILES string of the molecule is c1ccc2c(OCCC3CNCCO3)cccc2c1. The van der Waals surface area contributed by atoms with Gasteiger partial charge in [-0.25, -0.2) is 0 Å². The van der Waals surface area contributed by atoms with Crippen LogP contribution in [0.15, 0.2) is 42.5 Å². The van der Waals surface area contributed by atoms with E-state index in [2.05, 4.69) is 23.5 Å². The summed E-state index contributed by atoms with van der Waals surface area (Å²) in [6, 6.07) is 14.5. The second kappa shape index (κ2) is 6.04. The van der Waals surface area contributed by atoms with Crippen LogP contribution in [0.3, 0.4) is 0 Å². The molecule has 1 aliphatic heterocycles. The molecule has 1 saturated heterocycles. The lowest BCUT2D eigenvalue weighted by molar-refractivity contribution is 0.0160. The van der Waals surface area contributed by atoms with Gasteiger partial charge in [0.05, 0.1) is 19.3 Å². The van der Waals surface area contributed by atoms with Crippen LogP contribution in [-0.2, 0) is 4.74 Å². The molecule has 3 rings (SSSR count). The third-order valence-corrected chi connectivity index (χ3v) is 3.45. The van der Waals surface area contributed by atoms with Gasteiger partial charge >= 0.3 is 0 Å². The van der Waals surface area contributed by atoms with E-state index in [1.165, 1.54) is 10.8 Å². The Morgan fingerprint density at radius 3 is 2.95 bits per heavy atom. The summed E-state index contributed by atoms with van der Waals surface area (Å²) in [6.07, 6.45) is 1.21. The van der Waals surface area contributed by atoms with Gasteiger partial charge in [-0.1, -0.05) is 36.4 Å². The van der Waals surface area contributed by atoms with Gasteiger partial charge in [-0.15, -0.1) is 0 Å². The van der Waals surface area contributed by atoms with Crippen molar-refractivity contribution in [1.29, 1.82) is 0 Å². The van der Waals surface area contributed by atoms with Crippen LogP contribution in [0.5, 0.6) is 5.75 Å². The second-order valence-electron chi connectivity index (χ2n) is 4.81. The smallest absolute Gasteiger partial charge is 0.127 e. The summed E-state index contributed by atoms with van der Waals surface area (Å²) in [5.41, 5.74) is 0. The van der Waals surface area contributed by atoms with E-state index in [0.717, 1.165) is 31.9 Å². The van der Waals surface area contributed by atoms with Gasteiger partial charge in [0.15, 0.2) is 0 Å². The maximum atomic E-state index is 5.91. The van der Waals surface area contributed by atoms with Gasteiger partial charge in [0.1, 0.15) is 5.75 Å². The van der Waals surface area contributed by atoms with Crippen molar-refractivity contribution in [1.82, 2.24) is 5.32 Å². The van der Waals surface area contributed by atoms with Crippen LogP contribution in [0.25, 0.3) is 10.8 Å². The van der Waals surface area contributed by atoms with Crippen molar-refractivity contribution in [2.75, 3.05) is 26.3 Å². The number of benzene rings is 2. The van der Waals surface area contributed by atoms with Crippen molar-refractivity contribution in [2.24, 2.45) is 0 Å². The van der Waals surface area contributed by atoms with Crippen LogP contribution in [-0.4, -0.2) is 32.4 Å². The zero-order valence-corrected chi connectivity index (χ0v) is 11.0. The summed E-state index contributed by atoms with van der Waals surface area (Å²) in [4.78, 5) is 0. The van der Waals surface area contributed by atoms with Gasteiger partial charge in [0.25, 0.3) is 0 Å². The molecule has 0 bridgehead atoms. The van der Waals surface area contributed by atoms with Crippen molar-refractivity contribution < 1.29 is 9.47 Å². The Bertz CT molecular complexity index is 530. The molecule has 0 saturated carbocycles. The predicted molar refractivity (Wildman–Crippen MR) is 76.7 cm³/mol. The van der Waals surface area contributed by atoms with Crippen molar-refractivity contribution in [2.45, 2.75) is 12.5 Å². The van der Waals surface area contributed by atoms with E-state index >= 15 is 0 Å². The Morgan fingerprint density at radius 1 is 1.16 bits per heavy atom. The molecule has 2 aromatic rings. The molecule has 0 radical (unpaired) electrons. The molecular formula is C16H19NO2. The highest BCUT2D eigenvalue weighted by molar-refractivity contribution is 5.88. The van der Waals surface area contributed by atoms with E-state index in [0.29, 0.717) is 6.61 Å². The highest BCUT2D eigenvalue weighted by Crippen LogP contribution is 2.25. The first-order chi connectivity index (χ1) is 9.43. The Morgan fingerprint density at radius 2 is 2.05 bits per heavy atom. The summed E-state index contributed by atoms with van der Waals surface area (Å²) in [6.45, 7) is 3.39. The van der Waals surface area contributed by atoms with Gasteiger partial charge in [-0.3, -0.25) is 0 Å². The summed E-state index contributed by atoms with van der Waals surface area (Å²) in [7, 11) is 0. The normalized spacial score (nSPS) is 19.5. The Hall–Kier alpha value is -1.58. The fourth-order valence-electron chi connectivity index (χ4n) is 2.43. The number of morpholine rings is 1. The van der Waals surface area contributed by atoms with Crippen LogP contribution in [0, 0.1) is 0 Å². The van der Waals surface area contributed by atoms with E-state index < -0.39 is 0 Å². The molecule has 1 aliphatic rings. The lowest BCUT2D eigenvalue weighted by atomic mass is 10.1. The highest BCUT2D eigenvalue weighted by atomic mass is 16.5. The Balaban J connectivity index is 1.62. The fourth-order valence-corrected chi connectivity index (χ4v) is 2.43. The molecule has 3 nitrogen and oxygen atoms in total. The van der Waals surface area contributed by atoms with E-state index in [1.54, 1.807) is 0 Å². The van der Waals surface area contributed by atoms with Gasteiger partial charge in [0, 0.05) is 24.9 Å². The molecule has 19 heavy (non-hydrogen) atoms. The summed E-state index contributed by atoms with van der Waals surface area (Å²) in [5.74, 6) is 0.960. The minimum atomic E-state index is 0.281. The largest absolute Gasteiger partial charge is 0.493 e. The highest BCUT2D eigenvalue weighted by Gasteiger charge is 2.13. The Labute approximate surface area is 113 Å². The molecule has 1 heterocycles. The number of ether oxygens (including phenoxy) is 2. The molecule has 0 aromatic heterocycles. The molecule has 100 valence electrons. The monoisotopic (exact) mass is 257 g/mol. The second-order valence-corrected chi connectivity index (χ2v) is 4.81. The van der Waals surface area contributed by atoms with Crippen molar-refractivity contribution in [3.63, 3.8) is 0 Å². The zero-order chi connectivity index (χ0) is 12.9. The van der Waals surface area contributed by atoms with E-state index in [4.69, 9.17) is 9.47 Å². The number of hydrogen-bond acceptors (Lipinski definition) is 3. The predicted octanol–water partition coefficient (Wildman–Crippen LogP) is 2.60. The first-order valence-electron chi connectivity index (χ1n) is 6.86. The van der Waals surface area contributed by atoms with Crippen LogP contribution < -0.4 is 10.1 Å². The van der Waals surface area contributed by atoms with E-state index in [1.807, 2.05) is 24.3 Å². The lowest BCUT2D eigenvalue weighted by Crippen LogP contribution is -2.39. The molecular weight excluding hydrogens is 238 g/mol. The lowest BCUT2D eigenvalue weighted by Gasteiger charge is -2.23. The third kappa shape index (κ3) is 3.06. The number of rotatable bonds is 4. The van der Waals surface area contributed by atoms with Crippen LogP contribution >= 0.6 is 0 Å². The summed E-state index contributed by atoms with van der Waals surface area (Å²) >= 11 is 0.